The monoisotopic (exact) mass is 359 g/mol. The average molecular weight is 359 g/mol. The van der Waals surface area contributed by atoms with Gasteiger partial charge in [-0.05, 0) is 42.5 Å². The van der Waals surface area contributed by atoms with Gasteiger partial charge in [0.25, 0.3) is 5.91 Å². The molecule has 3 rings (SSSR count). The molecule has 0 radical (unpaired) electrons. The molecule has 2 aromatic carbocycles. The van der Waals surface area contributed by atoms with Gasteiger partial charge in [0.15, 0.2) is 11.7 Å². The number of aromatic nitrogens is 1. The number of carbonyl (C=O) groups excluding carboxylic acids is 2. The number of amides is 2. The first kappa shape index (κ1) is 16.8. The maximum atomic E-state index is 12.8. The van der Waals surface area contributed by atoms with Crippen LogP contribution >= 0.6 is 11.3 Å². The standard InChI is InChI=1S/C17H14FN3O3S/c1-10(22)19-12-4-7-14-15(8-12)25-17(20-14)21-16(23)9-24-13-5-2-11(18)3-6-13/h2-8H,9H2,1H3,(H,19,22)(H,20,21,23). The van der Waals surface area contributed by atoms with E-state index in [4.69, 9.17) is 4.74 Å². The summed E-state index contributed by atoms with van der Waals surface area (Å²) >= 11 is 1.29. The van der Waals surface area contributed by atoms with Crippen molar-refractivity contribution in [2.45, 2.75) is 6.92 Å². The first-order valence-corrected chi connectivity index (χ1v) is 8.17. The second-order valence-corrected chi connectivity index (χ2v) is 6.20. The lowest BCUT2D eigenvalue weighted by Gasteiger charge is -2.05. The molecule has 0 atom stereocenters. The summed E-state index contributed by atoms with van der Waals surface area (Å²) in [4.78, 5) is 27.3. The highest BCUT2D eigenvalue weighted by Crippen LogP contribution is 2.28. The third-order valence-electron chi connectivity index (χ3n) is 3.14. The molecule has 1 heterocycles. The van der Waals surface area contributed by atoms with Crippen molar-refractivity contribution in [2.75, 3.05) is 17.2 Å². The highest BCUT2D eigenvalue weighted by atomic mass is 32.1. The van der Waals surface area contributed by atoms with Gasteiger partial charge in [-0.15, -0.1) is 0 Å². The smallest absolute Gasteiger partial charge is 0.264 e. The number of nitrogens with one attached hydrogen (secondary N) is 2. The van der Waals surface area contributed by atoms with Crippen molar-refractivity contribution in [1.82, 2.24) is 4.98 Å². The minimum Gasteiger partial charge on any atom is -0.484 e. The Morgan fingerprint density at radius 1 is 1.16 bits per heavy atom. The zero-order valence-corrected chi connectivity index (χ0v) is 14.0. The van der Waals surface area contributed by atoms with Crippen LogP contribution in [-0.2, 0) is 9.59 Å². The number of fused-ring (bicyclic) bond motifs is 1. The van der Waals surface area contributed by atoms with Crippen molar-refractivity contribution < 1.29 is 18.7 Å². The van der Waals surface area contributed by atoms with E-state index in [1.54, 1.807) is 18.2 Å². The summed E-state index contributed by atoms with van der Waals surface area (Å²) in [5.74, 6) is -0.494. The Kier molecular flexibility index (Phi) is 4.90. The van der Waals surface area contributed by atoms with Crippen molar-refractivity contribution in [3.8, 4) is 5.75 Å². The van der Waals surface area contributed by atoms with E-state index < -0.39 is 0 Å². The quantitative estimate of drug-likeness (QED) is 0.732. The van der Waals surface area contributed by atoms with E-state index in [9.17, 15) is 14.0 Å². The zero-order valence-electron chi connectivity index (χ0n) is 13.2. The van der Waals surface area contributed by atoms with Crippen molar-refractivity contribution in [3.63, 3.8) is 0 Å². The maximum absolute atomic E-state index is 12.8. The zero-order chi connectivity index (χ0) is 17.8. The Hall–Kier alpha value is -3.00. The topological polar surface area (TPSA) is 80.3 Å². The number of rotatable bonds is 5. The summed E-state index contributed by atoms with van der Waals surface area (Å²) < 4.78 is 18.9. The Labute approximate surface area is 146 Å². The normalized spacial score (nSPS) is 10.5. The van der Waals surface area contributed by atoms with E-state index in [0.29, 0.717) is 22.1 Å². The Balaban J connectivity index is 1.62. The molecular formula is C17H14FN3O3S. The Bertz CT molecular complexity index is 925. The third-order valence-corrected chi connectivity index (χ3v) is 4.07. The summed E-state index contributed by atoms with van der Waals surface area (Å²) in [5, 5.41) is 5.78. The number of benzene rings is 2. The van der Waals surface area contributed by atoms with Gasteiger partial charge in [-0.2, -0.15) is 0 Å². The van der Waals surface area contributed by atoms with Crippen LogP contribution in [0.1, 0.15) is 6.92 Å². The number of carbonyl (C=O) groups is 2. The Morgan fingerprint density at radius 3 is 2.64 bits per heavy atom. The minimum absolute atomic E-state index is 0.157. The summed E-state index contributed by atoms with van der Waals surface area (Å²) in [6, 6.07) is 10.7. The number of halogens is 1. The van der Waals surface area contributed by atoms with E-state index in [0.717, 1.165) is 4.70 Å². The molecule has 0 spiro atoms. The van der Waals surface area contributed by atoms with E-state index in [2.05, 4.69) is 15.6 Å². The number of thiazole rings is 1. The van der Waals surface area contributed by atoms with Crippen molar-refractivity contribution in [2.24, 2.45) is 0 Å². The lowest BCUT2D eigenvalue weighted by molar-refractivity contribution is -0.118. The van der Waals surface area contributed by atoms with Crippen LogP contribution in [0.4, 0.5) is 15.2 Å². The lowest BCUT2D eigenvalue weighted by atomic mass is 10.3. The van der Waals surface area contributed by atoms with Gasteiger partial charge in [0.1, 0.15) is 11.6 Å². The second kappa shape index (κ2) is 7.27. The van der Waals surface area contributed by atoms with Gasteiger partial charge in [0, 0.05) is 12.6 Å². The third kappa shape index (κ3) is 4.51. The van der Waals surface area contributed by atoms with Crippen LogP contribution < -0.4 is 15.4 Å². The lowest BCUT2D eigenvalue weighted by Crippen LogP contribution is -2.19. The van der Waals surface area contributed by atoms with Crippen LogP contribution in [0.3, 0.4) is 0 Å². The molecule has 3 aromatic rings. The molecule has 0 bridgehead atoms. The molecule has 128 valence electrons. The Morgan fingerprint density at radius 2 is 1.92 bits per heavy atom. The van der Waals surface area contributed by atoms with E-state index in [1.165, 1.54) is 42.5 Å². The fourth-order valence-corrected chi connectivity index (χ4v) is 3.02. The van der Waals surface area contributed by atoms with Crippen LogP contribution in [0.2, 0.25) is 0 Å². The molecular weight excluding hydrogens is 345 g/mol. The molecule has 0 aliphatic carbocycles. The largest absolute Gasteiger partial charge is 0.484 e. The molecule has 0 saturated carbocycles. The molecule has 6 nitrogen and oxygen atoms in total. The van der Waals surface area contributed by atoms with Gasteiger partial charge in [0.2, 0.25) is 5.91 Å². The molecule has 25 heavy (non-hydrogen) atoms. The summed E-state index contributed by atoms with van der Waals surface area (Å²) in [5.41, 5.74) is 1.38. The first-order chi connectivity index (χ1) is 12.0. The highest BCUT2D eigenvalue weighted by Gasteiger charge is 2.09. The van der Waals surface area contributed by atoms with E-state index in [1.807, 2.05) is 0 Å². The average Bonchev–Trinajstić information content (AvgIpc) is 2.95. The molecule has 0 fully saturated rings. The van der Waals surface area contributed by atoms with Crippen LogP contribution in [0.5, 0.6) is 5.75 Å². The van der Waals surface area contributed by atoms with Crippen molar-refractivity contribution in [1.29, 1.82) is 0 Å². The van der Waals surface area contributed by atoms with Gasteiger partial charge in [0.05, 0.1) is 10.2 Å². The second-order valence-electron chi connectivity index (χ2n) is 5.17. The highest BCUT2D eigenvalue weighted by molar-refractivity contribution is 7.22. The molecule has 0 aliphatic rings. The fraction of sp³-hybridized carbons (Fsp3) is 0.118. The molecule has 8 heteroatoms. The predicted octanol–water partition coefficient (Wildman–Crippen LogP) is 3.41. The molecule has 2 amide bonds. The first-order valence-electron chi connectivity index (χ1n) is 7.36. The fourth-order valence-electron chi connectivity index (χ4n) is 2.09. The number of hydrogen-bond acceptors (Lipinski definition) is 5. The van der Waals surface area contributed by atoms with Crippen LogP contribution in [-0.4, -0.2) is 23.4 Å². The predicted molar refractivity (Wildman–Crippen MR) is 94.4 cm³/mol. The van der Waals surface area contributed by atoms with Crippen LogP contribution in [0.25, 0.3) is 10.2 Å². The van der Waals surface area contributed by atoms with Gasteiger partial charge >= 0.3 is 0 Å². The van der Waals surface area contributed by atoms with Crippen molar-refractivity contribution in [3.05, 3.63) is 48.3 Å². The molecule has 2 N–H and O–H groups in total. The summed E-state index contributed by atoms with van der Waals surface area (Å²) in [6.45, 7) is 1.22. The number of hydrogen-bond donors (Lipinski definition) is 2. The molecule has 0 saturated heterocycles. The molecule has 0 unspecified atom stereocenters. The molecule has 0 aliphatic heterocycles. The number of ether oxygens (including phenoxy) is 1. The molecule has 1 aromatic heterocycles. The summed E-state index contributed by atoms with van der Waals surface area (Å²) in [7, 11) is 0. The SMILES string of the molecule is CC(=O)Nc1ccc2nc(NC(=O)COc3ccc(F)cc3)sc2c1. The van der Waals surface area contributed by atoms with E-state index >= 15 is 0 Å². The van der Waals surface area contributed by atoms with Gasteiger partial charge < -0.3 is 10.1 Å². The van der Waals surface area contributed by atoms with Gasteiger partial charge in [-0.1, -0.05) is 11.3 Å². The minimum atomic E-state index is -0.370. The van der Waals surface area contributed by atoms with Crippen molar-refractivity contribution >= 4 is 44.2 Å². The number of nitrogens with zero attached hydrogens (tertiary/aromatic N) is 1. The maximum Gasteiger partial charge on any atom is 0.264 e. The van der Waals surface area contributed by atoms with Gasteiger partial charge in [-0.25, -0.2) is 9.37 Å². The summed E-state index contributed by atoms with van der Waals surface area (Å²) in [6.07, 6.45) is 0. The van der Waals surface area contributed by atoms with E-state index in [-0.39, 0.29) is 24.2 Å². The van der Waals surface area contributed by atoms with Crippen LogP contribution in [0.15, 0.2) is 42.5 Å². The van der Waals surface area contributed by atoms with Crippen LogP contribution in [0, 0.1) is 5.82 Å². The number of anilines is 2. The van der Waals surface area contributed by atoms with Gasteiger partial charge in [-0.3, -0.25) is 14.9 Å².